The molecule has 9 nitrogen and oxygen atoms in total. The van der Waals surface area contributed by atoms with E-state index in [0.29, 0.717) is 18.8 Å². The van der Waals surface area contributed by atoms with Crippen LogP contribution in [0.15, 0.2) is 41.4 Å². The number of carboxylic acids is 1. The number of fused-ring (bicyclic) bond motifs is 1. The van der Waals surface area contributed by atoms with Gasteiger partial charge in [-0.2, -0.15) is 22.6 Å². The van der Waals surface area contributed by atoms with Crippen LogP contribution in [0.25, 0.3) is 0 Å². The predicted octanol–water partition coefficient (Wildman–Crippen LogP) is 2.30. The number of aromatic nitrogens is 2. The van der Waals surface area contributed by atoms with Crippen molar-refractivity contribution in [2.45, 2.75) is 30.6 Å². The average molecular weight is 493 g/mol. The van der Waals surface area contributed by atoms with Gasteiger partial charge in [-0.05, 0) is 63.3 Å². The highest BCUT2D eigenvalue weighted by Crippen LogP contribution is 2.26. The topological polar surface area (TPSA) is 105 Å². The van der Waals surface area contributed by atoms with Gasteiger partial charge in [-0.15, -0.1) is 0 Å². The Labute approximate surface area is 190 Å². The van der Waals surface area contributed by atoms with Crippen molar-refractivity contribution in [3.05, 3.63) is 42.2 Å². The van der Waals surface area contributed by atoms with E-state index >= 15 is 0 Å². The third kappa shape index (κ3) is 7.44. The molecule has 0 bridgehead atoms. The summed E-state index contributed by atoms with van der Waals surface area (Å²) in [6, 6.07) is 8.46. The van der Waals surface area contributed by atoms with Gasteiger partial charge in [0.05, 0.1) is 24.2 Å². The molecule has 0 saturated heterocycles. The van der Waals surface area contributed by atoms with E-state index in [9.17, 15) is 21.6 Å². The summed E-state index contributed by atoms with van der Waals surface area (Å²) in [6.45, 7) is 2.49. The molecule has 0 spiro atoms. The molecule has 13 heteroatoms. The molecule has 1 aromatic heterocycles. The highest BCUT2D eigenvalue weighted by molar-refractivity contribution is 7.89. The standard InChI is InChI=1S/C18H26N4O3S.C2HF3O2/c1-20(2)11-9-15-12-21(14-16-8-10-19-22(16)13-15)26(23,24)18-6-4-17(25-3)5-7-18;3-2(4,5)1(6)7/h4-8,10,15H,9,11-14H2,1-3H3;(H,6,7). The Balaban J connectivity index is 0.000000479. The third-order valence-corrected chi connectivity index (χ3v) is 6.79. The van der Waals surface area contributed by atoms with Gasteiger partial charge in [0.15, 0.2) is 0 Å². The van der Waals surface area contributed by atoms with Crippen molar-refractivity contribution in [1.82, 2.24) is 19.0 Å². The summed E-state index contributed by atoms with van der Waals surface area (Å²) < 4.78 is 66.8. The number of aliphatic carboxylic acids is 1. The Hall–Kier alpha value is -2.64. The van der Waals surface area contributed by atoms with E-state index in [4.69, 9.17) is 14.6 Å². The number of carbonyl (C=O) groups is 1. The highest BCUT2D eigenvalue weighted by atomic mass is 32.2. The van der Waals surface area contributed by atoms with Crippen LogP contribution in [0.4, 0.5) is 13.2 Å². The molecular formula is C20H27F3N4O5S. The second kappa shape index (κ2) is 11.0. The molecule has 33 heavy (non-hydrogen) atoms. The number of alkyl halides is 3. The summed E-state index contributed by atoms with van der Waals surface area (Å²) >= 11 is 0. The zero-order valence-corrected chi connectivity index (χ0v) is 19.3. The number of halogens is 3. The molecule has 0 amide bonds. The summed E-state index contributed by atoms with van der Waals surface area (Å²) in [5.74, 6) is -1.90. The number of ether oxygens (including phenoxy) is 1. The van der Waals surface area contributed by atoms with E-state index in [-0.39, 0.29) is 10.8 Å². The summed E-state index contributed by atoms with van der Waals surface area (Å²) in [4.78, 5) is 11.3. The summed E-state index contributed by atoms with van der Waals surface area (Å²) in [5, 5.41) is 11.5. The maximum absolute atomic E-state index is 13.2. The molecule has 2 heterocycles. The van der Waals surface area contributed by atoms with E-state index in [2.05, 4.69) is 10.00 Å². The largest absolute Gasteiger partial charge is 0.497 e. The molecular weight excluding hydrogens is 465 g/mol. The molecule has 2 aromatic rings. The Morgan fingerprint density at radius 1 is 1.21 bits per heavy atom. The quantitative estimate of drug-likeness (QED) is 0.660. The van der Waals surface area contributed by atoms with Crippen molar-refractivity contribution in [2.24, 2.45) is 5.92 Å². The first kappa shape index (κ1) is 26.6. The normalized spacial score (nSPS) is 17.0. The Kier molecular flexibility index (Phi) is 8.86. The molecule has 1 aliphatic heterocycles. The van der Waals surface area contributed by atoms with E-state index in [1.54, 1.807) is 41.9 Å². The Morgan fingerprint density at radius 2 is 1.82 bits per heavy atom. The van der Waals surface area contributed by atoms with Crippen LogP contribution in [0.5, 0.6) is 5.75 Å². The molecule has 0 fully saturated rings. The van der Waals surface area contributed by atoms with Crippen LogP contribution in [-0.2, 0) is 27.9 Å². The number of hydrogen-bond acceptors (Lipinski definition) is 6. The number of carboxylic acid groups (broad SMARTS) is 1. The number of sulfonamides is 1. The van der Waals surface area contributed by atoms with Crippen LogP contribution in [-0.4, -0.2) is 79.0 Å². The lowest BCUT2D eigenvalue weighted by Crippen LogP contribution is -2.34. The van der Waals surface area contributed by atoms with Gasteiger partial charge in [0.2, 0.25) is 10.0 Å². The number of nitrogens with zero attached hydrogens (tertiary/aromatic N) is 4. The van der Waals surface area contributed by atoms with E-state index in [0.717, 1.165) is 25.2 Å². The van der Waals surface area contributed by atoms with Crippen LogP contribution in [0.2, 0.25) is 0 Å². The van der Waals surface area contributed by atoms with E-state index in [1.807, 2.05) is 24.8 Å². The maximum atomic E-state index is 13.2. The van der Waals surface area contributed by atoms with E-state index in [1.165, 1.54) is 0 Å². The fourth-order valence-corrected chi connectivity index (χ4v) is 4.68. The molecule has 3 rings (SSSR count). The smallest absolute Gasteiger partial charge is 0.490 e. The van der Waals surface area contributed by atoms with Gasteiger partial charge in [-0.1, -0.05) is 0 Å². The molecule has 1 N–H and O–H groups in total. The minimum atomic E-state index is -5.08. The van der Waals surface area contributed by atoms with Gasteiger partial charge in [0.25, 0.3) is 0 Å². The SMILES string of the molecule is COc1ccc(S(=O)(=O)N2Cc3ccnn3CC(CCN(C)C)C2)cc1.O=C(O)C(F)(F)F. The predicted molar refractivity (Wildman–Crippen MR) is 113 cm³/mol. The number of hydrogen-bond donors (Lipinski definition) is 1. The van der Waals surface area contributed by atoms with Crippen LogP contribution in [0.1, 0.15) is 12.1 Å². The first-order valence-corrected chi connectivity index (χ1v) is 11.4. The van der Waals surface area contributed by atoms with Crippen molar-refractivity contribution in [2.75, 3.05) is 34.3 Å². The summed E-state index contributed by atoms with van der Waals surface area (Å²) in [5.41, 5.74) is 0.925. The summed E-state index contributed by atoms with van der Waals surface area (Å²) in [6.07, 6.45) is -2.43. The van der Waals surface area contributed by atoms with Gasteiger partial charge in [-0.3, -0.25) is 4.68 Å². The number of methoxy groups -OCH3 is 1. The third-order valence-electron chi connectivity index (χ3n) is 4.96. The molecule has 1 aliphatic rings. The van der Waals surface area contributed by atoms with Crippen LogP contribution in [0.3, 0.4) is 0 Å². The van der Waals surface area contributed by atoms with Crippen molar-refractivity contribution in [1.29, 1.82) is 0 Å². The van der Waals surface area contributed by atoms with Gasteiger partial charge >= 0.3 is 12.1 Å². The number of benzene rings is 1. The number of rotatable bonds is 6. The molecule has 1 aromatic carbocycles. The van der Waals surface area contributed by atoms with Crippen molar-refractivity contribution >= 4 is 16.0 Å². The van der Waals surface area contributed by atoms with E-state index < -0.39 is 22.2 Å². The summed E-state index contributed by atoms with van der Waals surface area (Å²) in [7, 11) is 2.04. The first-order chi connectivity index (χ1) is 15.3. The lowest BCUT2D eigenvalue weighted by molar-refractivity contribution is -0.192. The Morgan fingerprint density at radius 3 is 2.33 bits per heavy atom. The minimum Gasteiger partial charge on any atom is -0.497 e. The van der Waals surface area contributed by atoms with Gasteiger partial charge in [0, 0.05) is 19.3 Å². The van der Waals surface area contributed by atoms with Crippen LogP contribution < -0.4 is 4.74 Å². The van der Waals surface area contributed by atoms with Gasteiger partial charge in [0.1, 0.15) is 5.75 Å². The molecule has 1 unspecified atom stereocenters. The molecule has 184 valence electrons. The maximum Gasteiger partial charge on any atom is 0.490 e. The fraction of sp³-hybridized carbons (Fsp3) is 0.500. The van der Waals surface area contributed by atoms with Crippen LogP contribution in [0, 0.1) is 5.92 Å². The molecule has 0 aliphatic carbocycles. The van der Waals surface area contributed by atoms with Crippen LogP contribution >= 0.6 is 0 Å². The first-order valence-electron chi connectivity index (χ1n) is 9.94. The minimum absolute atomic E-state index is 0.214. The molecule has 1 atom stereocenters. The lowest BCUT2D eigenvalue weighted by atomic mass is 10.1. The second-order valence-corrected chi connectivity index (χ2v) is 9.68. The average Bonchev–Trinajstić information content (AvgIpc) is 3.09. The van der Waals surface area contributed by atoms with Gasteiger partial charge in [-0.25, -0.2) is 13.2 Å². The lowest BCUT2D eigenvalue weighted by Gasteiger charge is -2.24. The monoisotopic (exact) mass is 492 g/mol. The highest BCUT2D eigenvalue weighted by Gasteiger charge is 2.38. The van der Waals surface area contributed by atoms with Crippen molar-refractivity contribution in [3.63, 3.8) is 0 Å². The zero-order chi connectivity index (χ0) is 24.8. The zero-order valence-electron chi connectivity index (χ0n) is 18.5. The Bertz CT molecular complexity index is 1020. The molecule has 0 radical (unpaired) electrons. The van der Waals surface area contributed by atoms with Crippen molar-refractivity contribution < 1.29 is 36.2 Å². The molecule has 0 saturated carbocycles. The van der Waals surface area contributed by atoms with Crippen molar-refractivity contribution in [3.8, 4) is 5.75 Å². The second-order valence-electron chi connectivity index (χ2n) is 7.74. The van der Waals surface area contributed by atoms with Gasteiger partial charge < -0.3 is 14.7 Å². The fourth-order valence-electron chi connectivity index (χ4n) is 3.20.